The zero-order valence-electron chi connectivity index (χ0n) is 9.84. The number of nitriles is 1. The smallest absolute Gasteiger partial charge is 0.119 e. The van der Waals surface area contributed by atoms with Crippen LogP contribution in [0.1, 0.15) is 11.1 Å². The first-order chi connectivity index (χ1) is 8.79. The summed E-state index contributed by atoms with van der Waals surface area (Å²) < 4.78 is 5.54. The summed E-state index contributed by atoms with van der Waals surface area (Å²) in [4.78, 5) is 0. The van der Waals surface area contributed by atoms with Gasteiger partial charge in [0.05, 0.1) is 18.2 Å². The molecule has 3 heteroatoms. The van der Waals surface area contributed by atoms with Gasteiger partial charge in [-0.15, -0.1) is 0 Å². The molecule has 2 rings (SSSR count). The molecule has 0 fully saturated rings. The van der Waals surface area contributed by atoms with Crippen LogP contribution in [0.3, 0.4) is 0 Å². The van der Waals surface area contributed by atoms with Gasteiger partial charge in [-0.05, 0) is 35.9 Å². The van der Waals surface area contributed by atoms with E-state index in [1.807, 2.05) is 12.1 Å². The van der Waals surface area contributed by atoms with Gasteiger partial charge in [0.25, 0.3) is 0 Å². The zero-order valence-corrected chi connectivity index (χ0v) is 9.84. The molecular formula is C15H13NO2. The number of nitrogens with zero attached hydrogens (tertiary/aromatic N) is 1. The van der Waals surface area contributed by atoms with Gasteiger partial charge in [-0.1, -0.05) is 18.2 Å². The lowest BCUT2D eigenvalue weighted by molar-refractivity contribution is 0.319. The third-order valence-corrected chi connectivity index (χ3v) is 2.62. The normalized spacial score (nSPS) is 9.72. The average Bonchev–Trinajstić information content (AvgIpc) is 2.42. The number of phenols is 1. The number of hydrogen-bond acceptors (Lipinski definition) is 3. The Morgan fingerprint density at radius 1 is 1.06 bits per heavy atom. The van der Waals surface area contributed by atoms with Crippen LogP contribution in [-0.4, -0.2) is 11.7 Å². The molecule has 0 spiro atoms. The van der Waals surface area contributed by atoms with Crippen LogP contribution in [0.2, 0.25) is 0 Å². The molecule has 0 unspecified atom stereocenters. The molecule has 0 aliphatic rings. The van der Waals surface area contributed by atoms with E-state index < -0.39 is 0 Å². The molecule has 0 bridgehead atoms. The number of para-hydroxylation sites is 1. The summed E-state index contributed by atoms with van der Waals surface area (Å²) in [7, 11) is 0. The van der Waals surface area contributed by atoms with Crippen LogP contribution < -0.4 is 4.74 Å². The van der Waals surface area contributed by atoms with Gasteiger partial charge in [-0.2, -0.15) is 5.26 Å². The topological polar surface area (TPSA) is 53.2 Å². The molecule has 0 saturated carbocycles. The van der Waals surface area contributed by atoms with Crippen molar-refractivity contribution in [1.29, 1.82) is 5.26 Å². The fourth-order valence-corrected chi connectivity index (χ4v) is 1.63. The molecule has 0 heterocycles. The summed E-state index contributed by atoms with van der Waals surface area (Å²) in [6.45, 7) is 0.490. The standard InChI is InChI=1S/C15H13NO2/c16-11-12-5-7-14(8-6-12)18-10-9-13-3-1-2-4-15(13)17/h1-8,17H,9-10H2. The molecule has 2 aromatic rings. The minimum Gasteiger partial charge on any atom is -0.508 e. The van der Waals surface area contributed by atoms with Gasteiger partial charge in [-0.25, -0.2) is 0 Å². The Morgan fingerprint density at radius 2 is 1.78 bits per heavy atom. The van der Waals surface area contributed by atoms with Gasteiger partial charge < -0.3 is 9.84 Å². The highest BCUT2D eigenvalue weighted by atomic mass is 16.5. The molecule has 0 saturated heterocycles. The first-order valence-corrected chi connectivity index (χ1v) is 5.69. The number of ether oxygens (including phenoxy) is 1. The minimum absolute atomic E-state index is 0.293. The Bertz CT molecular complexity index is 555. The Kier molecular flexibility index (Phi) is 3.83. The maximum Gasteiger partial charge on any atom is 0.119 e. The maximum atomic E-state index is 9.58. The number of rotatable bonds is 4. The Balaban J connectivity index is 1.89. The number of phenolic OH excluding ortho intramolecular Hbond substituents is 1. The van der Waals surface area contributed by atoms with Crippen molar-refractivity contribution < 1.29 is 9.84 Å². The third kappa shape index (κ3) is 3.02. The fourth-order valence-electron chi connectivity index (χ4n) is 1.63. The van der Waals surface area contributed by atoms with Crippen molar-refractivity contribution in [2.24, 2.45) is 0 Å². The Morgan fingerprint density at radius 3 is 2.44 bits per heavy atom. The quantitative estimate of drug-likeness (QED) is 0.892. The van der Waals surface area contributed by atoms with Crippen molar-refractivity contribution in [2.45, 2.75) is 6.42 Å². The summed E-state index contributed by atoms with van der Waals surface area (Å²) in [6.07, 6.45) is 0.646. The predicted octanol–water partition coefficient (Wildman–Crippen LogP) is 2.89. The Labute approximate surface area is 106 Å². The highest BCUT2D eigenvalue weighted by Gasteiger charge is 2.00. The second-order valence-electron chi connectivity index (χ2n) is 3.86. The van der Waals surface area contributed by atoms with Crippen LogP contribution in [0.25, 0.3) is 0 Å². The van der Waals surface area contributed by atoms with E-state index in [9.17, 15) is 5.11 Å². The SMILES string of the molecule is N#Cc1ccc(OCCc2ccccc2O)cc1. The predicted molar refractivity (Wildman–Crippen MR) is 68.5 cm³/mol. The van der Waals surface area contributed by atoms with Crippen molar-refractivity contribution in [3.8, 4) is 17.6 Å². The van der Waals surface area contributed by atoms with Gasteiger partial charge in [0.15, 0.2) is 0 Å². The van der Waals surface area contributed by atoms with E-state index in [0.717, 1.165) is 11.3 Å². The lowest BCUT2D eigenvalue weighted by atomic mass is 10.1. The van der Waals surface area contributed by atoms with Crippen molar-refractivity contribution in [1.82, 2.24) is 0 Å². The van der Waals surface area contributed by atoms with E-state index in [4.69, 9.17) is 10.00 Å². The van der Waals surface area contributed by atoms with E-state index in [2.05, 4.69) is 6.07 Å². The Hall–Kier alpha value is -2.47. The molecular weight excluding hydrogens is 226 g/mol. The summed E-state index contributed by atoms with van der Waals surface area (Å²) in [5.41, 5.74) is 1.48. The molecule has 0 aliphatic heterocycles. The fraction of sp³-hybridized carbons (Fsp3) is 0.133. The monoisotopic (exact) mass is 239 g/mol. The van der Waals surface area contributed by atoms with Gasteiger partial charge in [0.1, 0.15) is 11.5 Å². The van der Waals surface area contributed by atoms with Crippen LogP contribution in [-0.2, 0) is 6.42 Å². The van der Waals surface area contributed by atoms with Crippen molar-refractivity contribution >= 4 is 0 Å². The van der Waals surface area contributed by atoms with Crippen molar-refractivity contribution in [3.05, 3.63) is 59.7 Å². The lowest BCUT2D eigenvalue weighted by Gasteiger charge is -2.07. The van der Waals surface area contributed by atoms with Crippen molar-refractivity contribution in [2.75, 3.05) is 6.61 Å². The molecule has 0 atom stereocenters. The van der Waals surface area contributed by atoms with E-state index in [-0.39, 0.29) is 0 Å². The minimum atomic E-state index is 0.293. The molecule has 0 aromatic heterocycles. The first kappa shape index (κ1) is 12.0. The van der Waals surface area contributed by atoms with Gasteiger partial charge in [0, 0.05) is 6.42 Å². The second-order valence-corrected chi connectivity index (χ2v) is 3.86. The molecule has 2 aromatic carbocycles. The molecule has 0 radical (unpaired) electrons. The highest BCUT2D eigenvalue weighted by Crippen LogP contribution is 2.17. The van der Waals surface area contributed by atoms with Crippen LogP contribution in [0.4, 0.5) is 0 Å². The molecule has 90 valence electrons. The van der Waals surface area contributed by atoms with Gasteiger partial charge in [0.2, 0.25) is 0 Å². The lowest BCUT2D eigenvalue weighted by Crippen LogP contribution is -2.01. The summed E-state index contributed by atoms with van der Waals surface area (Å²) in [6, 6.07) is 16.2. The largest absolute Gasteiger partial charge is 0.508 e. The number of aromatic hydroxyl groups is 1. The summed E-state index contributed by atoms with van der Waals surface area (Å²) in [5.74, 6) is 1.02. The number of hydrogen-bond donors (Lipinski definition) is 1. The summed E-state index contributed by atoms with van der Waals surface area (Å²) in [5, 5.41) is 18.2. The van der Waals surface area contributed by atoms with Gasteiger partial charge >= 0.3 is 0 Å². The zero-order chi connectivity index (χ0) is 12.8. The average molecular weight is 239 g/mol. The third-order valence-electron chi connectivity index (χ3n) is 2.62. The number of benzene rings is 2. The van der Waals surface area contributed by atoms with Gasteiger partial charge in [-0.3, -0.25) is 0 Å². The first-order valence-electron chi connectivity index (χ1n) is 5.69. The van der Waals surface area contributed by atoms with Crippen LogP contribution in [0, 0.1) is 11.3 Å². The highest BCUT2D eigenvalue weighted by molar-refractivity contribution is 5.35. The van der Waals surface area contributed by atoms with Crippen LogP contribution >= 0.6 is 0 Å². The van der Waals surface area contributed by atoms with Crippen LogP contribution in [0.5, 0.6) is 11.5 Å². The van der Waals surface area contributed by atoms with Crippen molar-refractivity contribution in [3.63, 3.8) is 0 Å². The van der Waals surface area contributed by atoms with E-state index in [1.54, 1.807) is 36.4 Å². The molecule has 18 heavy (non-hydrogen) atoms. The van der Waals surface area contributed by atoms with Crippen LogP contribution in [0.15, 0.2) is 48.5 Å². The molecule has 0 aliphatic carbocycles. The second kappa shape index (κ2) is 5.74. The molecule has 0 amide bonds. The van der Waals surface area contributed by atoms with E-state index >= 15 is 0 Å². The van der Waals surface area contributed by atoms with E-state index in [0.29, 0.717) is 24.3 Å². The molecule has 1 N–H and O–H groups in total. The summed E-state index contributed by atoms with van der Waals surface area (Å²) >= 11 is 0. The van der Waals surface area contributed by atoms with E-state index in [1.165, 1.54) is 0 Å². The maximum absolute atomic E-state index is 9.58. The molecule has 3 nitrogen and oxygen atoms in total.